The van der Waals surface area contributed by atoms with Gasteiger partial charge in [-0.2, -0.15) is 0 Å². The van der Waals surface area contributed by atoms with Crippen LogP contribution in [0.1, 0.15) is 45.1 Å². The van der Waals surface area contributed by atoms with Crippen LogP contribution in [0.5, 0.6) is 0 Å². The molecule has 106 valence electrons. The SMILES string of the molecule is CC(CN)CCC(=O)NC1CCCC1n1ccnc1. The van der Waals surface area contributed by atoms with Crippen molar-refractivity contribution < 1.29 is 4.79 Å². The zero-order chi connectivity index (χ0) is 13.7. The maximum absolute atomic E-state index is 12.0. The first-order chi connectivity index (χ1) is 9.20. The largest absolute Gasteiger partial charge is 0.351 e. The van der Waals surface area contributed by atoms with Crippen LogP contribution in [-0.2, 0) is 4.79 Å². The fourth-order valence-corrected chi connectivity index (χ4v) is 2.71. The highest BCUT2D eigenvalue weighted by Gasteiger charge is 2.29. The fraction of sp³-hybridized carbons (Fsp3) is 0.714. The van der Waals surface area contributed by atoms with Crippen molar-refractivity contribution in [3.8, 4) is 0 Å². The van der Waals surface area contributed by atoms with Gasteiger partial charge < -0.3 is 15.6 Å². The summed E-state index contributed by atoms with van der Waals surface area (Å²) in [5.41, 5.74) is 5.57. The van der Waals surface area contributed by atoms with Crippen LogP contribution in [-0.4, -0.2) is 28.0 Å². The van der Waals surface area contributed by atoms with Crippen LogP contribution in [0.25, 0.3) is 0 Å². The molecule has 0 aliphatic heterocycles. The number of amides is 1. The van der Waals surface area contributed by atoms with Crippen LogP contribution in [0.2, 0.25) is 0 Å². The molecular weight excluding hydrogens is 240 g/mol. The molecule has 5 heteroatoms. The third-order valence-corrected chi connectivity index (χ3v) is 4.00. The smallest absolute Gasteiger partial charge is 0.220 e. The van der Waals surface area contributed by atoms with Crippen molar-refractivity contribution in [3.05, 3.63) is 18.7 Å². The maximum Gasteiger partial charge on any atom is 0.220 e. The zero-order valence-corrected chi connectivity index (χ0v) is 11.6. The van der Waals surface area contributed by atoms with E-state index in [1.54, 1.807) is 6.20 Å². The van der Waals surface area contributed by atoms with E-state index in [0.29, 0.717) is 24.9 Å². The average molecular weight is 264 g/mol. The summed E-state index contributed by atoms with van der Waals surface area (Å²) in [7, 11) is 0. The van der Waals surface area contributed by atoms with Gasteiger partial charge in [0.05, 0.1) is 12.4 Å². The van der Waals surface area contributed by atoms with Crippen LogP contribution in [0.15, 0.2) is 18.7 Å². The van der Waals surface area contributed by atoms with Crippen molar-refractivity contribution in [2.45, 2.75) is 51.1 Å². The van der Waals surface area contributed by atoms with Gasteiger partial charge in [0.25, 0.3) is 0 Å². The molecule has 1 fully saturated rings. The monoisotopic (exact) mass is 264 g/mol. The van der Waals surface area contributed by atoms with Gasteiger partial charge >= 0.3 is 0 Å². The summed E-state index contributed by atoms with van der Waals surface area (Å²) in [4.78, 5) is 16.0. The molecule has 1 amide bonds. The first kappa shape index (κ1) is 14.1. The van der Waals surface area contributed by atoms with E-state index < -0.39 is 0 Å². The molecule has 2 rings (SSSR count). The number of hydrogen-bond acceptors (Lipinski definition) is 3. The Morgan fingerprint density at radius 1 is 1.58 bits per heavy atom. The van der Waals surface area contributed by atoms with E-state index in [9.17, 15) is 4.79 Å². The summed E-state index contributed by atoms with van der Waals surface area (Å²) in [6.45, 7) is 2.73. The second-order valence-corrected chi connectivity index (χ2v) is 5.56. The van der Waals surface area contributed by atoms with Gasteiger partial charge in [-0.3, -0.25) is 4.79 Å². The van der Waals surface area contributed by atoms with Crippen molar-refractivity contribution in [3.63, 3.8) is 0 Å². The molecule has 1 saturated carbocycles. The van der Waals surface area contributed by atoms with Gasteiger partial charge in [0.15, 0.2) is 0 Å². The van der Waals surface area contributed by atoms with Crippen molar-refractivity contribution in [1.29, 1.82) is 0 Å². The van der Waals surface area contributed by atoms with Crippen LogP contribution in [0, 0.1) is 5.92 Å². The molecule has 3 unspecified atom stereocenters. The molecule has 3 N–H and O–H groups in total. The Bertz CT molecular complexity index is 390. The maximum atomic E-state index is 12.0. The number of rotatable bonds is 6. The molecule has 0 spiro atoms. The molecule has 0 bridgehead atoms. The highest BCUT2D eigenvalue weighted by Crippen LogP contribution is 2.29. The molecule has 0 aromatic carbocycles. The summed E-state index contributed by atoms with van der Waals surface area (Å²) < 4.78 is 2.11. The third kappa shape index (κ3) is 3.80. The molecule has 0 radical (unpaired) electrons. The summed E-state index contributed by atoms with van der Waals surface area (Å²) in [6.07, 6.45) is 10.4. The number of carbonyl (C=O) groups is 1. The van der Waals surface area contributed by atoms with Crippen LogP contribution in [0.3, 0.4) is 0 Å². The van der Waals surface area contributed by atoms with Gasteiger partial charge in [0.2, 0.25) is 5.91 Å². The lowest BCUT2D eigenvalue weighted by atomic mass is 10.1. The Morgan fingerprint density at radius 2 is 2.42 bits per heavy atom. The number of aromatic nitrogens is 2. The molecule has 1 aliphatic carbocycles. The quantitative estimate of drug-likeness (QED) is 0.817. The van der Waals surface area contributed by atoms with Crippen molar-refractivity contribution in [1.82, 2.24) is 14.9 Å². The second-order valence-electron chi connectivity index (χ2n) is 5.56. The molecule has 19 heavy (non-hydrogen) atoms. The van der Waals surface area contributed by atoms with E-state index in [4.69, 9.17) is 5.73 Å². The Balaban J connectivity index is 1.83. The Labute approximate surface area is 114 Å². The molecule has 3 atom stereocenters. The molecule has 1 aliphatic rings. The molecule has 5 nitrogen and oxygen atoms in total. The third-order valence-electron chi connectivity index (χ3n) is 4.00. The van der Waals surface area contributed by atoms with E-state index in [2.05, 4.69) is 21.8 Å². The standard InChI is InChI=1S/C14H24N4O/c1-11(9-15)5-6-14(19)17-12-3-2-4-13(12)18-8-7-16-10-18/h7-8,10-13H,2-6,9,15H2,1H3,(H,17,19). The van der Waals surface area contributed by atoms with Crippen molar-refractivity contribution >= 4 is 5.91 Å². The molecule has 1 heterocycles. The van der Waals surface area contributed by atoms with Crippen LogP contribution in [0.4, 0.5) is 0 Å². The highest BCUT2D eigenvalue weighted by molar-refractivity contribution is 5.76. The van der Waals surface area contributed by atoms with E-state index in [1.807, 2.05) is 12.5 Å². The lowest BCUT2D eigenvalue weighted by Crippen LogP contribution is -2.38. The second kappa shape index (κ2) is 6.70. The zero-order valence-electron chi connectivity index (χ0n) is 11.6. The summed E-state index contributed by atoms with van der Waals surface area (Å²) >= 11 is 0. The Hall–Kier alpha value is -1.36. The highest BCUT2D eigenvalue weighted by atomic mass is 16.1. The average Bonchev–Trinajstić information content (AvgIpc) is 3.05. The molecule has 0 saturated heterocycles. The normalized spacial score (nSPS) is 24.3. The number of nitrogens with one attached hydrogen (secondary N) is 1. The summed E-state index contributed by atoms with van der Waals surface area (Å²) in [5, 5.41) is 3.17. The van der Waals surface area contributed by atoms with Gasteiger partial charge in [0.1, 0.15) is 0 Å². The predicted molar refractivity (Wildman–Crippen MR) is 74.5 cm³/mol. The van der Waals surface area contributed by atoms with E-state index in [0.717, 1.165) is 25.7 Å². The topological polar surface area (TPSA) is 72.9 Å². The van der Waals surface area contributed by atoms with Crippen LogP contribution >= 0.6 is 0 Å². The lowest BCUT2D eigenvalue weighted by molar-refractivity contribution is -0.122. The molecule has 1 aromatic rings. The Morgan fingerprint density at radius 3 is 3.11 bits per heavy atom. The number of carbonyl (C=O) groups excluding carboxylic acids is 1. The molecular formula is C14H24N4O. The lowest BCUT2D eigenvalue weighted by Gasteiger charge is -2.22. The van der Waals surface area contributed by atoms with Crippen molar-refractivity contribution in [2.24, 2.45) is 11.7 Å². The summed E-state index contributed by atoms with van der Waals surface area (Å²) in [5.74, 6) is 0.566. The van der Waals surface area contributed by atoms with E-state index in [1.165, 1.54) is 0 Å². The minimum atomic E-state index is 0.150. The fourth-order valence-electron chi connectivity index (χ4n) is 2.71. The van der Waals surface area contributed by atoms with Crippen molar-refractivity contribution in [2.75, 3.05) is 6.54 Å². The van der Waals surface area contributed by atoms with E-state index >= 15 is 0 Å². The van der Waals surface area contributed by atoms with Gasteiger partial charge in [-0.15, -0.1) is 0 Å². The van der Waals surface area contributed by atoms with Gasteiger partial charge in [0, 0.05) is 24.9 Å². The summed E-state index contributed by atoms with van der Waals surface area (Å²) in [6, 6.07) is 0.605. The van der Waals surface area contributed by atoms with Gasteiger partial charge in [-0.25, -0.2) is 4.98 Å². The van der Waals surface area contributed by atoms with Gasteiger partial charge in [-0.05, 0) is 38.1 Å². The number of imidazole rings is 1. The Kier molecular flexibility index (Phi) is 4.96. The van der Waals surface area contributed by atoms with Crippen LogP contribution < -0.4 is 11.1 Å². The first-order valence-electron chi connectivity index (χ1n) is 7.17. The van der Waals surface area contributed by atoms with E-state index in [-0.39, 0.29) is 11.9 Å². The number of nitrogens with zero attached hydrogens (tertiary/aromatic N) is 2. The number of hydrogen-bond donors (Lipinski definition) is 2. The molecule has 1 aromatic heterocycles. The predicted octanol–water partition coefficient (Wildman–Crippen LogP) is 1.47. The number of nitrogens with two attached hydrogens (primary N) is 1. The minimum absolute atomic E-state index is 0.150. The first-order valence-corrected chi connectivity index (χ1v) is 7.17. The van der Waals surface area contributed by atoms with Gasteiger partial charge in [-0.1, -0.05) is 6.92 Å². The minimum Gasteiger partial charge on any atom is -0.351 e.